The van der Waals surface area contributed by atoms with Crippen molar-refractivity contribution in [1.82, 2.24) is 14.5 Å². The van der Waals surface area contributed by atoms with Gasteiger partial charge in [0, 0.05) is 27.9 Å². The van der Waals surface area contributed by atoms with Crippen LogP contribution in [0.15, 0.2) is 23.6 Å². The van der Waals surface area contributed by atoms with Crippen LogP contribution < -0.4 is 0 Å². The summed E-state index contributed by atoms with van der Waals surface area (Å²) in [6, 6.07) is 2.78. The Morgan fingerprint density at radius 3 is 2.80 bits per heavy atom. The lowest BCUT2D eigenvalue weighted by Gasteiger charge is -2.09. The summed E-state index contributed by atoms with van der Waals surface area (Å²) < 4.78 is 30.8. The highest BCUT2D eigenvalue weighted by Gasteiger charge is 2.19. The number of aromatic nitrogens is 3. The Labute approximate surface area is 120 Å². The minimum Gasteiger partial charge on any atom is -0.361 e. The summed E-state index contributed by atoms with van der Waals surface area (Å²) in [6.45, 7) is 5.26. The van der Waals surface area contributed by atoms with Gasteiger partial charge in [-0.25, -0.2) is 13.4 Å². The van der Waals surface area contributed by atoms with Crippen molar-refractivity contribution in [3.8, 4) is 0 Å². The zero-order valence-corrected chi connectivity index (χ0v) is 13.6. The minimum absolute atomic E-state index is 0.0269. The lowest BCUT2D eigenvalue weighted by atomic mass is 10.4. The van der Waals surface area contributed by atoms with E-state index in [0.29, 0.717) is 12.1 Å². The fourth-order valence-corrected chi connectivity index (χ4v) is 3.17. The van der Waals surface area contributed by atoms with Gasteiger partial charge in [-0.1, -0.05) is 13.1 Å². The van der Waals surface area contributed by atoms with E-state index in [1.54, 1.807) is 23.0 Å². The fraction of sp³-hybridized carbons (Fsp3) is 0.500. The summed E-state index contributed by atoms with van der Waals surface area (Å²) in [5.74, 6) is 0. The molecule has 0 aromatic carbocycles. The van der Waals surface area contributed by atoms with Gasteiger partial charge in [-0.2, -0.15) is 0 Å². The number of fused-ring (bicyclic) bond motifs is 1. The highest BCUT2D eigenvalue weighted by Crippen LogP contribution is 2.18. The molecule has 0 saturated heterocycles. The quantitative estimate of drug-likeness (QED) is 0.598. The lowest BCUT2D eigenvalue weighted by Crippen LogP contribution is -2.13. The molecule has 0 unspecified atom stereocenters. The molecule has 0 fully saturated rings. The number of rotatable bonds is 6. The predicted molar refractivity (Wildman–Crippen MR) is 78.9 cm³/mol. The highest BCUT2D eigenvalue weighted by molar-refractivity contribution is 7.90. The third-order valence-corrected chi connectivity index (χ3v) is 4.99. The number of sulfone groups is 1. The minimum atomic E-state index is -3.40. The van der Waals surface area contributed by atoms with Gasteiger partial charge in [0.05, 0.1) is 11.7 Å². The van der Waals surface area contributed by atoms with E-state index in [1.807, 2.05) is 0 Å². The first-order chi connectivity index (χ1) is 9.39. The van der Waals surface area contributed by atoms with Crippen LogP contribution in [0, 0.1) is 0 Å². The van der Waals surface area contributed by atoms with Crippen LogP contribution in [-0.2, 0) is 21.3 Å². The Morgan fingerprint density at radius 2 is 2.15 bits per heavy atom. The Morgan fingerprint density at radius 1 is 1.40 bits per heavy atom. The summed E-state index contributed by atoms with van der Waals surface area (Å²) in [5, 5.41) is 0.0269. The average Bonchev–Trinajstić information content (AvgIpc) is 2.73. The molecule has 109 valence electrons. The van der Waals surface area contributed by atoms with Gasteiger partial charge in [-0.05, 0) is 12.1 Å². The van der Waals surface area contributed by atoms with Crippen LogP contribution in [0.5, 0.6) is 0 Å². The Hall–Kier alpha value is -1.25. The first kappa shape index (κ1) is 15.1. The van der Waals surface area contributed by atoms with E-state index in [2.05, 4.69) is 23.1 Å². The molecule has 2 aromatic rings. The normalized spacial score (nSPS) is 12.4. The van der Waals surface area contributed by atoms with E-state index in [0.717, 1.165) is 17.8 Å². The molecule has 0 aliphatic heterocycles. The molecule has 0 bridgehead atoms. The lowest BCUT2D eigenvalue weighted by molar-refractivity contribution is 0.0842. The van der Waals surface area contributed by atoms with Crippen LogP contribution in [0.3, 0.4) is 0 Å². The number of hydrogen-bond donors (Lipinski definition) is 0. The maximum Gasteiger partial charge on any atom is 0.230 e. The monoisotopic (exact) mass is 312 g/mol. The molecule has 0 aliphatic rings. The maximum atomic E-state index is 11.8. The van der Waals surface area contributed by atoms with Gasteiger partial charge in [0.15, 0.2) is 0 Å². The summed E-state index contributed by atoms with van der Waals surface area (Å²) in [5.41, 5.74) is 1.28. The Balaban J connectivity index is 2.29. The summed E-state index contributed by atoms with van der Waals surface area (Å²) in [4.78, 5) is 8.10. The number of imidazole rings is 1. The van der Waals surface area contributed by atoms with Crippen LogP contribution in [0.4, 0.5) is 0 Å². The van der Waals surface area contributed by atoms with Crippen LogP contribution in [-0.4, -0.2) is 44.6 Å². The summed E-state index contributed by atoms with van der Waals surface area (Å²) >= 11 is 0. The smallest absolute Gasteiger partial charge is 0.230 e. The van der Waals surface area contributed by atoms with Crippen molar-refractivity contribution in [2.24, 2.45) is 0 Å². The van der Waals surface area contributed by atoms with Crippen molar-refractivity contribution in [3.05, 3.63) is 18.5 Å². The summed E-state index contributed by atoms with van der Waals surface area (Å²) in [6.07, 6.45) is 4.32. The molecule has 6 nitrogen and oxygen atoms in total. The van der Waals surface area contributed by atoms with Crippen molar-refractivity contribution in [2.75, 3.05) is 12.9 Å². The molecule has 0 atom stereocenters. The number of pyridine rings is 1. The Bertz CT molecular complexity index is 697. The van der Waals surface area contributed by atoms with Gasteiger partial charge < -0.3 is 4.74 Å². The molecule has 1 radical (unpaired) electrons. The molecule has 0 N–H and O–H groups in total. The van der Waals surface area contributed by atoms with Crippen molar-refractivity contribution in [3.63, 3.8) is 0 Å². The third kappa shape index (κ3) is 3.44. The van der Waals surface area contributed by atoms with Gasteiger partial charge in [0.1, 0.15) is 12.2 Å². The maximum absolute atomic E-state index is 11.8. The molecule has 0 amide bonds. The predicted octanol–water partition coefficient (Wildman–Crippen LogP) is 1.56. The van der Waals surface area contributed by atoms with Crippen molar-refractivity contribution in [2.45, 2.75) is 31.0 Å². The first-order valence-electron chi connectivity index (χ1n) is 6.26. The Kier molecular flexibility index (Phi) is 4.56. The van der Waals surface area contributed by atoms with Gasteiger partial charge in [-0.3, -0.25) is 9.55 Å². The van der Waals surface area contributed by atoms with Crippen LogP contribution in [0.1, 0.15) is 0 Å². The van der Waals surface area contributed by atoms with Gasteiger partial charge in [0.25, 0.3) is 0 Å². The molecular weight excluding hydrogens is 294 g/mol. The zero-order chi connectivity index (χ0) is 14.8. The largest absolute Gasteiger partial charge is 0.361 e. The van der Waals surface area contributed by atoms with Crippen LogP contribution >= 0.6 is 0 Å². The molecule has 0 spiro atoms. The fourth-order valence-electron chi connectivity index (χ4n) is 1.80. The molecule has 2 aromatic heterocycles. The third-order valence-electron chi connectivity index (χ3n) is 2.81. The molecule has 20 heavy (non-hydrogen) atoms. The second-order valence-electron chi connectivity index (χ2n) is 4.95. The molecule has 2 heterocycles. The number of nitrogens with zero attached hydrogens (tertiary/aromatic N) is 3. The highest BCUT2D eigenvalue weighted by atomic mass is 32.2. The topological polar surface area (TPSA) is 74.1 Å². The first-order valence-corrected chi connectivity index (χ1v) is 10.9. The van der Waals surface area contributed by atoms with Gasteiger partial charge in [0.2, 0.25) is 15.0 Å². The standard InChI is InChI=1S/C12H18N3O3SSi/c1-19(16,17)12-14-10-8-13-5-4-11(10)15(12)9-18-6-7-20(2)3/h4-5,8H,6-7,9H2,1-3H3. The second kappa shape index (κ2) is 6.02. The van der Waals surface area contributed by atoms with Crippen molar-refractivity contribution in [1.29, 1.82) is 0 Å². The molecule has 0 aliphatic carbocycles. The van der Waals surface area contributed by atoms with Gasteiger partial charge >= 0.3 is 0 Å². The van der Waals surface area contributed by atoms with E-state index >= 15 is 0 Å². The van der Waals surface area contributed by atoms with Crippen molar-refractivity contribution < 1.29 is 13.2 Å². The summed E-state index contributed by atoms with van der Waals surface area (Å²) in [7, 11) is -3.73. The van der Waals surface area contributed by atoms with E-state index in [1.165, 1.54) is 0 Å². The van der Waals surface area contributed by atoms with E-state index in [4.69, 9.17) is 4.74 Å². The zero-order valence-electron chi connectivity index (χ0n) is 11.8. The second-order valence-corrected chi connectivity index (χ2v) is 9.78. The average molecular weight is 312 g/mol. The van der Waals surface area contributed by atoms with Crippen LogP contribution in [0.25, 0.3) is 11.0 Å². The number of ether oxygens (including phenoxy) is 1. The van der Waals surface area contributed by atoms with Gasteiger partial charge in [-0.15, -0.1) is 0 Å². The molecule has 2 rings (SSSR count). The number of hydrogen-bond acceptors (Lipinski definition) is 5. The SMILES string of the molecule is C[Si](C)CCOCn1c(S(C)(=O)=O)nc2cnccc21. The van der Waals surface area contributed by atoms with E-state index in [9.17, 15) is 8.42 Å². The van der Waals surface area contributed by atoms with E-state index in [-0.39, 0.29) is 20.7 Å². The molecule has 0 saturated carbocycles. The van der Waals surface area contributed by atoms with Crippen LogP contribution in [0.2, 0.25) is 19.1 Å². The molecule has 8 heteroatoms. The molecular formula is C12H18N3O3SSi. The van der Waals surface area contributed by atoms with E-state index < -0.39 is 9.84 Å². The van der Waals surface area contributed by atoms with Crippen molar-refractivity contribution >= 4 is 29.7 Å².